The smallest absolute Gasteiger partial charge is 0.194 e. The molecule has 2 rings (SSSR count). The summed E-state index contributed by atoms with van der Waals surface area (Å²) in [7, 11) is 0. The Morgan fingerprint density at radius 1 is 1.50 bits per heavy atom. The molecule has 2 nitrogen and oxygen atoms in total. The van der Waals surface area contributed by atoms with E-state index in [1.165, 1.54) is 16.3 Å². The van der Waals surface area contributed by atoms with Gasteiger partial charge in [-0.1, -0.05) is 13.8 Å². The highest BCUT2D eigenvalue weighted by Crippen LogP contribution is 2.25. The number of thiazole rings is 1. The fourth-order valence-corrected chi connectivity index (χ4v) is 2.48. The minimum Gasteiger partial charge on any atom is -0.294 e. The van der Waals surface area contributed by atoms with Crippen LogP contribution in [-0.4, -0.2) is 9.38 Å². The molecule has 1 atom stereocenters. The van der Waals surface area contributed by atoms with Crippen molar-refractivity contribution >= 4 is 16.3 Å². The normalized spacial score (nSPS) is 13.7. The second kappa shape index (κ2) is 3.39. The lowest BCUT2D eigenvalue weighted by molar-refractivity contribution is 0.714. The van der Waals surface area contributed by atoms with Crippen LogP contribution in [0.1, 0.15) is 42.5 Å². The molecular formula is C11H16N2S. The van der Waals surface area contributed by atoms with Crippen molar-refractivity contribution < 1.29 is 0 Å². The Hall–Kier alpha value is -0.830. The molecular weight excluding hydrogens is 192 g/mol. The van der Waals surface area contributed by atoms with Crippen LogP contribution in [0.3, 0.4) is 0 Å². The minimum atomic E-state index is 0.571. The molecule has 76 valence electrons. The first kappa shape index (κ1) is 9.71. The van der Waals surface area contributed by atoms with Crippen LogP contribution < -0.4 is 0 Å². The summed E-state index contributed by atoms with van der Waals surface area (Å²) in [6.07, 6.45) is 3.34. The standard InChI is InChI=1S/C11H16N2S/c1-5-7(2)10-6-13-8(3)9(4)14-11(13)12-10/h6-7H,5H2,1-4H3. The molecule has 0 bridgehead atoms. The van der Waals surface area contributed by atoms with E-state index in [1.54, 1.807) is 11.3 Å². The van der Waals surface area contributed by atoms with Gasteiger partial charge in [0.05, 0.1) is 5.69 Å². The molecule has 2 aromatic heterocycles. The van der Waals surface area contributed by atoms with Gasteiger partial charge in [-0.05, 0) is 26.2 Å². The van der Waals surface area contributed by atoms with E-state index < -0.39 is 0 Å². The zero-order chi connectivity index (χ0) is 10.3. The van der Waals surface area contributed by atoms with Crippen molar-refractivity contribution in [1.82, 2.24) is 9.38 Å². The Kier molecular flexibility index (Phi) is 2.35. The lowest BCUT2D eigenvalue weighted by Gasteiger charge is -2.01. The highest BCUT2D eigenvalue weighted by Gasteiger charge is 2.11. The van der Waals surface area contributed by atoms with Crippen LogP contribution in [0.15, 0.2) is 6.20 Å². The largest absolute Gasteiger partial charge is 0.294 e. The molecule has 0 amide bonds. The van der Waals surface area contributed by atoms with Gasteiger partial charge in [0.25, 0.3) is 0 Å². The van der Waals surface area contributed by atoms with Crippen molar-refractivity contribution in [3.05, 3.63) is 22.5 Å². The summed E-state index contributed by atoms with van der Waals surface area (Å²) in [5.74, 6) is 0.571. The lowest BCUT2D eigenvalue weighted by atomic mass is 10.1. The first-order chi connectivity index (χ1) is 6.63. The van der Waals surface area contributed by atoms with Gasteiger partial charge in [-0.15, -0.1) is 11.3 Å². The Morgan fingerprint density at radius 3 is 2.79 bits per heavy atom. The molecule has 0 aliphatic rings. The van der Waals surface area contributed by atoms with Gasteiger partial charge in [-0.25, -0.2) is 4.98 Å². The van der Waals surface area contributed by atoms with Crippen molar-refractivity contribution in [2.45, 2.75) is 40.0 Å². The number of imidazole rings is 1. The molecule has 0 saturated heterocycles. The van der Waals surface area contributed by atoms with Gasteiger partial charge in [0.1, 0.15) is 0 Å². The van der Waals surface area contributed by atoms with Crippen LogP contribution in [-0.2, 0) is 0 Å². The van der Waals surface area contributed by atoms with E-state index in [-0.39, 0.29) is 0 Å². The van der Waals surface area contributed by atoms with Gasteiger partial charge in [0.15, 0.2) is 4.96 Å². The van der Waals surface area contributed by atoms with Crippen molar-refractivity contribution in [2.75, 3.05) is 0 Å². The highest BCUT2D eigenvalue weighted by molar-refractivity contribution is 7.17. The molecule has 0 saturated carbocycles. The summed E-state index contributed by atoms with van der Waals surface area (Å²) in [4.78, 5) is 7.15. The summed E-state index contributed by atoms with van der Waals surface area (Å²) >= 11 is 1.78. The second-order valence-electron chi connectivity index (χ2n) is 3.87. The maximum absolute atomic E-state index is 4.65. The molecule has 14 heavy (non-hydrogen) atoms. The molecule has 0 spiro atoms. The molecule has 2 aromatic rings. The zero-order valence-corrected chi connectivity index (χ0v) is 9.98. The van der Waals surface area contributed by atoms with Crippen molar-refractivity contribution in [3.63, 3.8) is 0 Å². The monoisotopic (exact) mass is 208 g/mol. The number of nitrogens with zero attached hydrogens (tertiary/aromatic N) is 2. The summed E-state index contributed by atoms with van der Waals surface area (Å²) < 4.78 is 2.21. The molecule has 0 fully saturated rings. The number of aromatic nitrogens is 2. The average Bonchev–Trinajstić information content (AvgIpc) is 2.68. The van der Waals surface area contributed by atoms with Crippen LogP contribution >= 0.6 is 11.3 Å². The zero-order valence-electron chi connectivity index (χ0n) is 9.16. The highest BCUT2D eigenvalue weighted by atomic mass is 32.1. The van der Waals surface area contributed by atoms with Crippen LogP contribution in [0.25, 0.3) is 4.96 Å². The van der Waals surface area contributed by atoms with Crippen LogP contribution in [0.5, 0.6) is 0 Å². The summed E-state index contributed by atoms with van der Waals surface area (Å²) in [6, 6.07) is 0. The fraction of sp³-hybridized carbons (Fsp3) is 0.545. The van der Waals surface area contributed by atoms with Crippen LogP contribution in [0.4, 0.5) is 0 Å². The fourth-order valence-electron chi connectivity index (χ4n) is 1.52. The van der Waals surface area contributed by atoms with Crippen molar-refractivity contribution in [2.24, 2.45) is 0 Å². The van der Waals surface area contributed by atoms with E-state index in [9.17, 15) is 0 Å². The molecule has 0 radical (unpaired) electrons. The topological polar surface area (TPSA) is 17.3 Å². The van der Waals surface area contributed by atoms with Gasteiger partial charge >= 0.3 is 0 Å². The predicted octanol–water partition coefficient (Wildman–Crippen LogP) is 3.53. The van der Waals surface area contributed by atoms with Gasteiger partial charge < -0.3 is 0 Å². The minimum absolute atomic E-state index is 0.571. The van der Waals surface area contributed by atoms with E-state index in [0.29, 0.717) is 5.92 Å². The first-order valence-electron chi connectivity index (χ1n) is 5.08. The SMILES string of the molecule is CCC(C)c1cn2c(C)c(C)sc2n1. The molecule has 0 N–H and O–H groups in total. The second-order valence-corrected chi connectivity index (χ2v) is 5.05. The number of fused-ring (bicyclic) bond motifs is 1. The number of rotatable bonds is 2. The van der Waals surface area contributed by atoms with Gasteiger partial charge in [0, 0.05) is 16.8 Å². The number of hydrogen-bond acceptors (Lipinski definition) is 2. The van der Waals surface area contributed by atoms with Gasteiger partial charge in [-0.2, -0.15) is 0 Å². The Labute approximate surface area is 88.6 Å². The summed E-state index contributed by atoms with van der Waals surface area (Å²) in [6.45, 7) is 8.74. The third-order valence-corrected chi connectivity index (χ3v) is 4.00. The molecule has 1 unspecified atom stereocenters. The number of aryl methyl sites for hydroxylation is 2. The summed E-state index contributed by atoms with van der Waals surface area (Å²) in [5, 5.41) is 0. The van der Waals surface area contributed by atoms with Crippen LogP contribution in [0, 0.1) is 13.8 Å². The lowest BCUT2D eigenvalue weighted by Crippen LogP contribution is -1.90. The van der Waals surface area contributed by atoms with E-state index >= 15 is 0 Å². The van der Waals surface area contributed by atoms with Crippen molar-refractivity contribution in [1.29, 1.82) is 0 Å². The van der Waals surface area contributed by atoms with E-state index in [4.69, 9.17) is 0 Å². The molecule has 2 heterocycles. The van der Waals surface area contributed by atoms with E-state index in [2.05, 4.69) is 43.3 Å². The third-order valence-electron chi connectivity index (χ3n) is 2.92. The third kappa shape index (κ3) is 1.36. The first-order valence-corrected chi connectivity index (χ1v) is 5.90. The Morgan fingerprint density at radius 2 is 2.21 bits per heavy atom. The van der Waals surface area contributed by atoms with Gasteiger partial charge in [0.2, 0.25) is 0 Å². The quantitative estimate of drug-likeness (QED) is 0.738. The van der Waals surface area contributed by atoms with Crippen molar-refractivity contribution in [3.8, 4) is 0 Å². The maximum Gasteiger partial charge on any atom is 0.194 e. The molecule has 0 aromatic carbocycles. The predicted molar refractivity (Wildman–Crippen MR) is 61.2 cm³/mol. The van der Waals surface area contributed by atoms with Crippen LogP contribution in [0.2, 0.25) is 0 Å². The molecule has 3 heteroatoms. The average molecular weight is 208 g/mol. The molecule has 0 aliphatic heterocycles. The van der Waals surface area contributed by atoms with Gasteiger partial charge in [-0.3, -0.25) is 4.40 Å². The summed E-state index contributed by atoms with van der Waals surface area (Å²) in [5.41, 5.74) is 2.55. The number of hydrogen-bond donors (Lipinski definition) is 0. The molecule has 0 aliphatic carbocycles. The maximum atomic E-state index is 4.65. The van der Waals surface area contributed by atoms with E-state index in [1.807, 2.05) is 0 Å². The Balaban J connectivity index is 2.53. The Bertz CT molecular complexity index is 453. The van der Waals surface area contributed by atoms with E-state index in [0.717, 1.165) is 11.4 Å².